The van der Waals surface area contributed by atoms with Gasteiger partial charge in [-0.05, 0) is 260 Å². The summed E-state index contributed by atoms with van der Waals surface area (Å²) in [7, 11) is 0. The van der Waals surface area contributed by atoms with Crippen LogP contribution in [-0.2, 0) is 38.5 Å². The van der Waals surface area contributed by atoms with Gasteiger partial charge >= 0.3 is 31.4 Å². The van der Waals surface area contributed by atoms with Crippen LogP contribution in [0.25, 0.3) is 121 Å². The van der Waals surface area contributed by atoms with E-state index in [-0.39, 0.29) is 19.5 Å². The molecule has 19 rings (SSSR count). The molecular weight excluding hydrogens is 1490 g/mol. The van der Waals surface area contributed by atoms with Crippen molar-refractivity contribution >= 4 is 145 Å². The summed E-state index contributed by atoms with van der Waals surface area (Å²) >= 11 is 0. The Morgan fingerprint density at radius 3 is 1.42 bits per heavy atom. The number of benzene rings is 5. The molecule has 0 unspecified atom stereocenters. The number of ether oxygens (including phenoxy) is 2. The average molecular weight is 1580 g/mol. The van der Waals surface area contributed by atoms with Gasteiger partial charge in [0.15, 0.2) is 12.2 Å². The number of rotatable bonds is 16. The van der Waals surface area contributed by atoms with E-state index in [1.807, 2.05) is 206 Å². The quantitative estimate of drug-likeness (QED) is 0.0401. The Labute approximate surface area is 683 Å². The maximum atomic E-state index is 13.8. The molecule has 12 heterocycles. The summed E-state index contributed by atoms with van der Waals surface area (Å²) < 4.78 is 11.6. The van der Waals surface area contributed by atoms with Gasteiger partial charge in [0.25, 0.3) is 11.8 Å². The molecule has 116 heavy (non-hydrogen) atoms. The Kier molecular flexibility index (Phi) is 20.3. The topological polar surface area (TPSA) is 229 Å². The maximum Gasteiger partial charge on any atom is 2.00 e. The first-order valence-electron chi connectivity index (χ1n) is 39.6. The van der Waals surface area contributed by atoms with Gasteiger partial charge in [-0.3, -0.25) is 9.59 Å². The average Bonchev–Trinajstić information content (AvgIpc) is 1.62. The zero-order valence-electron chi connectivity index (χ0n) is 64.4. The smallest absolute Gasteiger partial charge is 0.658 e. The molecule has 8 aliphatic rings. The summed E-state index contributed by atoms with van der Waals surface area (Å²) in [5, 5.41) is 5.90. The van der Waals surface area contributed by atoms with Gasteiger partial charge in [-0.25, -0.2) is 29.5 Å². The molecule has 11 aromatic rings. The largest absolute Gasteiger partial charge is 2.00 e. The van der Waals surface area contributed by atoms with Crippen molar-refractivity contribution in [3.63, 3.8) is 0 Å². The van der Waals surface area contributed by atoms with Crippen LogP contribution in [0.1, 0.15) is 105 Å². The van der Waals surface area contributed by atoms with Gasteiger partial charge in [0, 0.05) is 76.6 Å². The van der Waals surface area contributed by atoms with E-state index in [2.05, 4.69) is 92.0 Å². The minimum Gasteiger partial charge on any atom is -0.658 e. The zero-order valence-corrected chi connectivity index (χ0v) is 67.4. The third-order valence-electron chi connectivity index (χ3n) is 23.8. The first-order valence-corrected chi connectivity index (χ1v) is 39.6. The molecule has 0 radical (unpaired) electrons. The Morgan fingerprint density at radius 2 is 0.871 bits per heavy atom. The number of nitrogens with one attached hydrogen (secondary N) is 4. The predicted octanol–water partition coefficient (Wildman–Crippen LogP) is 18.9. The number of carbonyl (C=O) groups is 4. The second-order valence-corrected chi connectivity index (χ2v) is 31.3. The van der Waals surface area contributed by atoms with Crippen LogP contribution in [0.4, 0.5) is 22.7 Å². The van der Waals surface area contributed by atoms with Crippen LogP contribution in [0.2, 0.25) is 0 Å². The number of esters is 2. The van der Waals surface area contributed by atoms with Crippen molar-refractivity contribution in [2.75, 3.05) is 46.6 Å². The summed E-state index contributed by atoms with van der Waals surface area (Å²) in [6, 6.07) is 68.8. The van der Waals surface area contributed by atoms with E-state index < -0.39 is 36.0 Å². The van der Waals surface area contributed by atoms with Crippen molar-refractivity contribution in [1.29, 1.82) is 0 Å². The molecule has 2 saturated carbocycles. The molecule has 19 heteroatoms. The molecule has 16 bridgehead atoms. The van der Waals surface area contributed by atoms with Crippen LogP contribution >= 0.6 is 0 Å². The zero-order chi connectivity index (χ0) is 77.8. The molecule has 568 valence electrons. The maximum absolute atomic E-state index is 13.8. The molecule has 4 N–H and O–H groups in total. The number of amides is 2. The number of fused-ring (bicyclic) bond motifs is 18. The Bertz CT molecular complexity index is 6230. The molecule has 18 nitrogen and oxygen atoms in total. The first-order chi connectivity index (χ1) is 56.2. The van der Waals surface area contributed by atoms with E-state index >= 15 is 0 Å². The van der Waals surface area contributed by atoms with E-state index in [0.717, 1.165) is 162 Å². The van der Waals surface area contributed by atoms with Gasteiger partial charge in [-0.2, -0.15) is 0 Å². The fourth-order valence-electron chi connectivity index (χ4n) is 17.9. The fraction of sp³-hybridized carbons (Fsp3) is 0.196. The number of hydrogen-bond donors (Lipinski definition) is 4. The van der Waals surface area contributed by atoms with E-state index in [9.17, 15) is 19.2 Å². The summed E-state index contributed by atoms with van der Waals surface area (Å²) in [5.74, 6) is 1.63. The van der Waals surface area contributed by atoms with E-state index in [0.29, 0.717) is 69.8 Å². The molecule has 2 saturated heterocycles. The van der Waals surface area contributed by atoms with Gasteiger partial charge in [-0.15, -0.1) is 22.1 Å². The monoisotopic (exact) mass is 1570 g/mol. The second kappa shape index (κ2) is 31.7. The van der Waals surface area contributed by atoms with Crippen molar-refractivity contribution in [1.82, 2.24) is 39.9 Å². The van der Waals surface area contributed by atoms with Crippen molar-refractivity contribution in [3.8, 4) is 22.3 Å². The molecule has 5 aromatic carbocycles. The van der Waals surface area contributed by atoms with E-state index in [1.54, 1.807) is 38.1 Å². The first kappa shape index (κ1) is 74.3. The number of H-pyrrole nitrogens is 2. The van der Waals surface area contributed by atoms with Crippen LogP contribution in [-0.4, -0.2) is 92.0 Å². The number of anilines is 4. The second-order valence-electron chi connectivity index (χ2n) is 31.3. The van der Waals surface area contributed by atoms with Crippen LogP contribution < -0.4 is 30.4 Å². The number of aromatic amines is 2. The number of allylic oxidation sites excluding steroid dienone is 3. The standard InChI is InChI=1S/C97H84N12O6.Zn/c1-57-45-65(85-54-108(53-84(57)85)82-37-17-63(18-38-82)96(112)114-58(2)94(110)106-68-21-13-61(14-22-68)92-88-41-33-78(102-88)49-74-29-25-70(98-74)47-71-26-30-75(99-71)50-79-34-42-89(92)103-79)11-12-67-46-66(10-9-60-7-5-4-6-8-60)86-55-109(56-87(67)86)83-39-19-64(20-40-83)97(113)115-59(3)95(111)107-69-23-15-62(16-24-69)93-90-43-35-80(104-90)51-76-31-27-72(100-76)48-73-28-32-77(101-73)52-81-36-44-91(93)105-81;/h4-44,47-52,57-59,65-67,84-87H,45-46,53-56H2,1-3H3,(H6,98,99,100,101,102,103,104,105,106,107,110,111);/q;+2/p-2/b10-9+,12-11?,70-47?,71-47?,72-48?,73-48?,74-49?,75-50?,76-51?,77-52?,78-49?,79-50?,80-51?,81-52?,92-88?,92-89?,93-90?,93-91?;/t57-,58+,59+,65+,66+,67-,84+,85-,86-,87+;/m1./s1. The minimum absolute atomic E-state index is 0. The molecule has 4 fully saturated rings. The van der Waals surface area contributed by atoms with Crippen LogP contribution in [0.5, 0.6) is 0 Å². The molecule has 2 aliphatic carbocycles. The minimum atomic E-state index is -1.08. The van der Waals surface area contributed by atoms with E-state index in [1.165, 1.54) is 5.56 Å². The molecule has 0 spiro atoms. The predicted molar refractivity (Wildman–Crippen MR) is 458 cm³/mol. The molecule has 2 amide bonds. The number of nitrogens with zero attached hydrogens (tertiary/aromatic N) is 8. The summed E-state index contributed by atoms with van der Waals surface area (Å²) in [4.78, 5) is 96.1. The van der Waals surface area contributed by atoms with Crippen LogP contribution in [0.15, 0.2) is 231 Å². The third kappa shape index (κ3) is 15.7. The number of aromatic nitrogens is 8. The summed E-state index contributed by atoms with van der Waals surface area (Å²) in [5.41, 5.74) is 21.8. The number of hydrogen-bond acceptors (Lipinski definition) is 12. The van der Waals surface area contributed by atoms with Crippen LogP contribution in [0, 0.1) is 47.3 Å². The summed E-state index contributed by atoms with van der Waals surface area (Å²) in [6.07, 6.45) is 25.8. The van der Waals surface area contributed by atoms with Gasteiger partial charge in [-0.1, -0.05) is 128 Å². The third-order valence-corrected chi connectivity index (χ3v) is 23.8. The van der Waals surface area contributed by atoms with Crippen molar-refractivity contribution in [2.24, 2.45) is 47.3 Å². The Morgan fingerprint density at radius 1 is 0.440 bits per heavy atom. The van der Waals surface area contributed by atoms with Gasteiger partial charge < -0.3 is 49.8 Å². The van der Waals surface area contributed by atoms with Crippen molar-refractivity contribution < 1.29 is 48.1 Å². The van der Waals surface area contributed by atoms with E-state index in [4.69, 9.17) is 39.4 Å². The normalized spacial score (nSPS) is 20.1. The Balaban J connectivity index is 0.00000931. The molecule has 10 atom stereocenters. The number of carbonyl (C=O) groups excluding carboxylic acids is 4. The Hall–Kier alpha value is -13.1. The van der Waals surface area contributed by atoms with Crippen LogP contribution in [0.3, 0.4) is 0 Å². The fourth-order valence-corrected chi connectivity index (χ4v) is 17.9. The van der Waals surface area contributed by atoms with Gasteiger partial charge in [0.05, 0.1) is 56.7 Å². The van der Waals surface area contributed by atoms with Crippen molar-refractivity contribution in [2.45, 2.75) is 45.8 Å². The van der Waals surface area contributed by atoms with Crippen molar-refractivity contribution in [3.05, 3.63) is 293 Å². The van der Waals surface area contributed by atoms with Gasteiger partial charge in [0.2, 0.25) is 0 Å². The summed E-state index contributed by atoms with van der Waals surface area (Å²) in [6.45, 7) is 9.25. The molecular formula is C97H82N12O6Zn. The molecule has 6 aliphatic heterocycles. The van der Waals surface area contributed by atoms with Gasteiger partial charge in [0.1, 0.15) is 0 Å². The SMILES string of the molecule is C[C@H](OC(=O)c1ccc(N2C[C@@H]3[C@H](C2)[C@@H](C=C[C@@H]2C[C@H](/C=C/c4ccccc4)[C@H]4CN(c5ccc(C(=O)O[C@@H](C)C(=O)Nc6ccc(-c7c8nc(cc9ccc(cc%10nc(cc%11ccc7[n-]%11)C=C%10)[n-]9)C=C8)cc6)cc5)C[C@H]42)C[C@H]3C)cc1)C(=O)Nc1ccc(-c2c3nc(cc4ccc(cc5nc(cc6ccc2[nH]6)C=C5)[nH]4)C=C3)cc1.[Zn+2]. The molecule has 6 aromatic heterocycles.